The monoisotopic (exact) mass is 318 g/mol. The van der Waals surface area contributed by atoms with E-state index in [1.807, 2.05) is 0 Å². The predicted octanol–water partition coefficient (Wildman–Crippen LogP) is 4.31. The summed E-state index contributed by atoms with van der Waals surface area (Å²) in [4.78, 5) is 0. The van der Waals surface area contributed by atoms with Crippen LogP contribution in [0.1, 0.15) is 72.1 Å². The third kappa shape index (κ3) is 2.13. The van der Waals surface area contributed by atoms with Crippen LogP contribution in [0.25, 0.3) is 0 Å². The Bertz CT molecular complexity index is 512. The molecule has 8 atom stereocenters. The van der Waals surface area contributed by atoms with E-state index in [-0.39, 0.29) is 12.2 Å². The lowest BCUT2D eigenvalue weighted by Crippen LogP contribution is -2.58. The lowest BCUT2D eigenvalue weighted by molar-refractivity contribution is -0.164. The molecule has 0 bridgehead atoms. The summed E-state index contributed by atoms with van der Waals surface area (Å²) in [5.74, 6) is 2.35. The van der Waals surface area contributed by atoms with Crippen molar-refractivity contribution < 1.29 is 10.2 Å². The van der Waals surface area contributed by atoms with Crippen molar-refractivity contribution in [1.29, 1.82) is 0 Å². The van der Waals surface area contributed by atoms with Gasteiger partial charge in [-0.3, -0.25) is 0 Å². The van der Waals surface area contributed by atoms with Gasteiger partial charge < -0.3 is 10.2 Å². The molecule has 4 aliphatic carbocycles. The Morgan fingerprint density at radius 3 is 2.52 bits per heavy atom. The van der Waals surface area contributed by atoms with Crippen molar-refractivity contribution in [2.45, 2.75) is 84.3 Å². The minimum Gasteiger partial charge on any atom is -0.393 e. The van der Waals surface area contributed by atoms with Crippen molar-refractivity contribution in [1.82, 2.24) is 0 Å². The van der Waals surface area contributed by atoms with E-state index in [2.05, 4.69) is 26.8 Å². The van der Waals surface area contributed by atoms with Gasteiger partial charge in [0.25, 0.3) is 0 Å². The van der Waals surface area contributed by atoms with Crippen LogP contribution in [0.5, 0.6) is 0 Å². The first-order valence-corrected chi connectivity index (χ1v) is 9.92. The van der Waals surface area contributed by atoms with Crippen molar-refractivity contribution in [3.05, 3.63) is 11.6 Å². The first kappa shape index (κ1) is 16.1. The second-order valence-electron chi connectivity index (χ2n) is 9.53. The average Bonchev–Trinajstić information content (AvgIpc) is 2.85. The maximum absolute atomic E-state index is 11.1. The van der Waals surface area contributed by atoms with Gasteiger partial charge in [0.15, 0.2) is 0 Å². The van der Waals surface area contributed by atoms with Crippen molar-refractivity contribution >= 4 is 0 Å². The zero-order valence-corrected chi connectivity index (χ0v) is 15.1. The molecule has 130 valence electrons. The fourth-order valence-corrected chi connectivity index (χ4v) is 7.52. The van der Waals surface area contributed by atoms with E-state index in [1.54, 1.807) is 5.57 Å². The van der Waals surface area contributed by atoms with Crippen LogP contribution in [0.15, 0.2) is 11.6 Å². The Morgan fingerprint density at radius 1 is 1.00 bits per heavy atom. The van der Waals surface area contributed by atoms with Gasteiger partial charge in [0, 0.05) is 0 Å². The number of aliphatic hydroxyl groups is 2. The van der Waals surface area contributed by atoms with Gasteiger partial charge >= 0.3 is 0 Å². The van der Waals surface area contributed by atoms with Gasteiger partial charge in [0.05, 0.1) is 12.2 Å². The zero-order valence-electron chi connectivity index (χ0n) is 15.1. The second kappa shape index (κ2) is 5.33. The maximum Gasteiger partial charge on any atom is 0.0577 e. The normalized spacial score (nSPS) is 57.7. The molecule has 2 N–H and O–H groups in total. The highest BCUT2D eigenvalue weighted by molar-refractivity contribution is 5.24. The van der Waals surface area contributed by atoms with Crippen LogP contribution in [-0.2, 0) is 0 Å². The molecule has 2 nitrogen and oxygen atoms in total. The Hall–Kier alpha value is -0.340. The van der Waals surface area contributed by atoms with E-state index < -0.39 is 0 Å². The van der Waals surface area contributed by atoms with Crippen LogP contribution in [0.4, 0.5) is 0 Å². The van der Waals surface area contributed by atoms with Crippen molar-refractivity contribution in [2.24, 2.45) is 34.5 Å². The highest BCUT2D eigenvalue weighted by Gasteiger charge is 2.61. The van der Waals surface area contributed by atoms with E-state index in [1.165, 1.54) is 25.7 Å². The van der Waals surface area contributed by atoms with E-state index in [0.717, 1.165) is 25.7 Å². The summed E-state index contributed by atoms with van der Waals surface area (Å²) in [5.41, 5.74) is 2.34. The second-order valence-corrected chi connectivity index (χ2v) is 9.53. The highest BCUT2D eigenvalue weighted by Crippen LogP contribution is 2.67. The fourth-order valence-electron chi connectivity index (χ4n) is 7.52. The summed E-state index contributed by atoms with van der Waals surface area (Å²) in [6.45, 7) is 7.16. The Balaban J connectivity index is 1.68. The topological polar surface area (TPSA) is 40.5 Å². The molecule has 4 rings (SSSR count). The molecular weight excluding hydrogens is 284 g/mol. The molecule has 2 heteroatoms. The number of hydrogen-bond donors (Lipinski definition) is 2. The molecule has 23 heavy (non-hydrogen) atoms. The molecule has 0 amide bonds. The first-order valence-electron chi connectivity index (χ1n) is 9.92. The van der Waals surface area contributed by atoms with Crippen molar-refractivity contribution in [3.63, 3.8) is 0 Å². The SMILES string of the molecule is C/C=C1/CC[C@H]2[C@@H]3[C@H](O)C[C@@H]4C[C@H](O)CC[C@]4(C)[C@H]3CC[C@]12C. The largest absolute Gasteiger partial charge is 0.393 e. The molecule has 0 aromatic heterocycles. The van der Waals surface area contributed by atoms with Crippen LogP contribution >= 0.6 is 0 Å². The third-order valence-electron chi connectivity index (χ3n) is 8.85. The summed E-state index contributed by atoms with van der Waals surface area (Å²) >= 11 is 0. The molecule has 0 radical (unpaired) electrons. The lowest BCUT2D eigenvalue weighted by Gasteiger charge is -2.61. The summed E-state index contributed by atoms with van der Waals surface area (Å²) in [5, 5.41) is 21.2. The number of allylic oxidation sites excluding steroid dienone is 2. The third-order valence-corrected chi connectivity index (χ3v) is 8.85. The first-order chi connectivity index (χ1) is 10.9. The van der Waals surface area contributed by atoms with Gasteiger partial charge in [-0.2, -0.15) is 0 Å². The number of fused-ring (bicyclic) bond motifs is 5. The quantitative estimate of drug-likeness (QED) is 0.654. The molecule has 0 aromatic carbocycles. The van der Waals surface area contributed by atoms with E-state index in [9.17, 15) is 10.2 Å². The van der Waals surface area contributed by atoms with Crippen LogP contribution in [0, 0.1) is 34.5 Å². The summed E-state index contributed by atoms with van der Waals surface area (Å²) in [7, 11) is 0. The minimum atomic E-state index is -0.149. The predicted molar refractivity (Wildman–Crippen MR) is 92.9 cm³/mol. The standard InChI is InChI=1S/C21H34O2/c1-4-13-5-6-16-19-17(8-10-20(13,16)2)21(3)9-7-15(22)11-14(21)12-18(19)23/h4,14-19,22-23H,5-12H2,1-3H3/b13-4-/t14-,15+,16-,17-,18+,19-,20+,21-/m0/s1. The molecule has 0 aromatic rings. The molecule has 0 heterocycles. The highest BCUT2D eigenvalue weighted by atomic mass is 16.3. The summed E-state index contributed by atoms with van der Waals surface area (Å²) in [6.07, 6.45) is 11.1. The molecule has 4 fully saturated rings. The molecule has 4 aliphatic rings. The van der Waals surface area contributed by atoms with Gasteiger partial charge in [-0.15, -0.1) is 0 Å². The van der Waals surface area contributed by atoms with Crippen molar-refractivity contribution in [2.75, 3.05) is 0 Å². The molecule has 0 spiro atoms. The van der Waals surface area contributed by atoms with E-state index >= 15 is 0 Å². The molecular formula is C21H34O2. The van der Waals surface area contributed by atoms with Gasteiger partial charge in [0.1, 0.15) is 0 Å². The zero-order chi connectivity index (χ0) is 16.4. The molecule has 0 unspecified atom stereocenters. The van der Waals surface area contributed by atoms with Crippen LogP contribution in [0.3, 0.4) is 0 Å². The van der Waals surface area contributed by atoms with E-state index in [0.29, 0.717) is 34.5 Å². The number of rotatable bonds is 0. The van der Waals surface area contributed by atoms with Gasteiger partial charge in [0.2, 0.25) is 0 Å². The Kier molecular flexibility index (Phi) is 3.74. The molecule has 0 aliphatic heterocycles. The molecule has 0 saturated heterocycles. The number of aliphatic hydroxyl groups excluding tert-OH is 2. The maximum atomic E-state index is 11.1. The fraction of sp³-hybridized carbons (Fsp3) is 0.905. The van der Waals surface area contributed by atoms with Gasteiger partial charge in [-0.1, -0.05) is 25.5 Å². The van der Waals surface area contributed by atoms with Crippen molar-refractivity contribution in [3.8, 4) is 0 Å². The molecule has 4 saturated carbocycles. The lowest BCUT2D eigenvalue weighted by atomic mass is 9.44. The van der Waals surface area contributed by atoms with E-state index in [4.69, 9.17) is 0 Å². The van der Waals surface area contributed by atoms with Gasteiger partial charge in [-0.05, 0) is 92.8 Å². The summed E-state index contributed by atoms with van der Waals surface area (Å²) in [6, 6.07) is 0. The minimum absolute atomic E-state index is 0.133. The van der Waals surface area contributed by atoms with Crippen LogP contribution < -0.4 is 0 Å². The summed E-state index contributed by atoms with van der Waals surface area (Å²) < 4.78 is 0. The smallest absolute Gasteiger partial charge is 0.0577 e. The number of hydrogen-bond acceptors (Lipinski definition) is 2. The van der Waals surface area contributed by atoms with Crippen LogP contribution in [-0.4, -0.2) is 22.4 Å². The average molecular weight is 319 g/mol. The van der Waals surface area contributed by atoms with Crippen LogP contribution in [0.2, 0.25) is 0 Å². The Morgan fingerprint density at radius 2 is 1.78 bits per heavy atom. The van der Waals surface area contributed by atoms with Gasteiger partial charge in [-0.25, -0.2) is 0 Å². The Labute approximate surface area is 141 Å².